The zero-order valence-corrected chi connectivity index (χ0v) is 8.44. The lowest BCUT2D eigenvalue weighted by molar-refractivity contribution is -0.159. The summed E-state index contributed by atoms with van der Waals surface area (Å²) < 4.78 is 19.0. The number of rotatable bonds is 0. The van der Waals surface area contributed by atoms with E-state index in [2.05, 4.69) is 0 Å². The largest absolute Gasteiger partial charge is 0.507 e. The molecule has 0 saturated heterocycles. The third-order valence-electron chi connectivity index (χ3n) is 0.366. The molecule has 0 aliphatic rings. The van der Waals surface area contributed by atoms with Gasteiger partial charge in [-0.2, -0.15) is 0 Å². The number of hydrogen-bond donors (Lipinski definition) is 6. The number of aliphatic carboxylic acids is 4. The lowest BCUT2D eigenvalue weighted by atomic mass is 10.7. The second-order valence-corrected chi connectivity index (χ2v) is 2.64. The molecule has 13 heteroatoms. The molecule has 0 heterocycles. The highest BCUT2D eigenvalue weighted by Crippen LogP contribution is 2.34. The normalized spacial score (nSPS) is 8.65. The molecule has 0 aliphatic heterocycles. The topological polar surface area (TPSA) is 207 Å². The van der Waals surface area contributed by atoms with Crippen LogP contribution in [0.4, 0.5) is 4.20 Å². The van der Waals surface area contributed by atoms with Gasteiger partial charge >= 0.3 is 31.8 Å². The van der Waals surface area contributed by atoms with E-state index in [0.29, 0.717) is 0 Å². The Balaban J connectivity index is -0.000000174. The van der Waals surface area contributed by atoms with Crippen molar-refractivity contribution in [3.05, 3.63) is 0 Å². The number of carbonyl (C=O) groups is 4. The van der Waals surface area contributed by atoms with E-state index < -0.39 is 31.8 Å². The van der Waals surface area contributed by atoms with Crippen LogP contribution in [0.15, 0.2) is 0 Å². The molecule has 0 spiro atoms. The average molecular weight is 280 g/mol. The Morgan fingerprint density at radius 1 is 0.706 bits per heavy atom. The average Bonchev–Trinajstić information content (AvgIpc) is 2.01. The fourth-order valence-corrected chi connectivity index (χ4v) is 0. The van der Waals surface area contributed by atoms with Crippen molar-refractivity contribution in [1.29, 1.82) is 0 Å². The first-order valence-electron chi connectivity index (χ1n) is 2.96. The summed E-state index contributed by atoms with van der Waals surface area (Å²) in [4.78, 5) is 50.3. The van der Waals surface area contributed by atoms with E-state index in [0.717, 1.165) is 0 Å². The van der Waals surface area contributed by atoms with Gasteiger partial charge in [0.15, 0.2) is 0 Å². The van der Waals surface area contributed by atoms with E-state index in [9.17, 15) is 4.20 Å². The van der Waals surface area contributed by atoms with Gasteiger partial charge in [-0.05, 0) is 0 Å². The Labute approximate surface area is 91.0 Å². The molecule has 0 amide bonds. The lowest BCUT2D eigenvalue weighted by Gasteiger charge is -1.77. The van der Waals surface area contributed by atoms with Crippen molar-refractivity contribution in [3.63, 3.8) is 0 Å². The van der Waals surface area contributed by atoms with Crippen molar-refractivity contribution in [3.8, 4) is 0 Å². The van der Waals surface area contributed by atoms with Gasteiger partial charge in [0.2, 0.25) is 0 Å². The maximum atomic E-state index is 10.4. The molecule has 0 atom stereocenters. The van der Waals surface area contributed by atoms with Gasteiger partial charge in [0.1, 0.15) is 0 Å². The smallest absolute Gasteiger partial charge is 0.473 e. The Hall–Kier alpha value is -2.04. The Morgan fingerprint density at radius 3 is 0.765 bits per heavy atom. The summed E-state index contributed by atoms with van der Waals surface area (Å²) in [5.41, 5.74) is 0. The van der Waals surface area contributed by atoms with Crippen LogP contribution < -0.4 is 0 Å². The third kappa shape index (κ3) is 56.2. The zero-order valence-electron chi connectivity index (χ0n) is 7.55. The van der Waals surface area contributed by atoms with E-state index in [1.165, 1.54) is 0 Å². The zero-order chi connectivity index (χ0) is 14.8. The Kier molecular flexibility index (Phi) is 11.0. The maximum absolute atomic E-state index is 10.4. The molecule has 6 N–H and O–H groups in total. The standard InChI is InChI=1S/2C2H2O4.FH2O3P/c2*3-1(4)2(5)6;1-5(2,3)4/h2*(H,3,4)(H,5,6);(H2,2,3,4). The molecule has 0 saturated carbocycles. The SMILES string of the molecule is O=C(O)C(=O)O.O=C(O)C(=O)O.O=P(O)(O)F. The van der Waals surface area contributed by atoms with Crippen LogP contribution in [0.25, 0.3) is 0 Å². The highest BCUT2D eigenvalue weighted by molar-refractivity contribution is 7.45. The predicted octanol–water partition coefficient (Wildman–Crippen LogP) is -1.64. The molecule has 0 fully saturated rings. The van der Waals surface area contributed by atoms with Crippen LogP contribution in [0, 0.1) is 0 Å². The molecule has 0 aromatic heterocycles. The van der Waals surface area contributed by atoms with Crippen molar-refractivity contribution < 1.29 is 58.2 Å². The summed E-state index contributed by atoms with van der Waals surface area (Å²) in [6.45, 7) is 0. The maximum Gasteiger partial charge on any atom is 0.507 e. The quantitative estimate of drug-likeness (QED) is 0.219. The molecule has 0 radical (unpaired) electrons. The monoisotopic (exact) mass is 280 g/mol. The van der Waals surface area contributed by atoms with Crippen molar-refractivity contribution in [2.75, 3.05) is 0 Å². The number of carboxylic acids is 4. The van der Waals surface area contributed by atoms with E-state index >= 15 is 0 Å². The van der Waals surface area contributed by atoms with Gasteiger partial charge < -0.3 is 20.4 Å². The molecule has 11 nitrogen and oxygen atoms in total. The van der Waals surface area contributed by atoms with Crippen LogP contribution in [0.5, 0.6) is 0 Å². The van der Waals surface area contributed by atoms with Crippen LogP contribution in [0.2, 0.25) is 0 Å². The summed E-state index contributed by atoms with van der Waals surface area (Å²) >= 11 is 0. The molecule has 0 rings (SSSR count). The van der Waals surface area contributed by atoms with Gasteiger partial charge in [-0.15, -0.1) is 4.20 Å². The van der Waals surface area contributed by atoms with Crippen LogP contribution in [-0.4, -0.2) is 54.1 Å². The molecule has 0 bridgehead atoms. The van der Waals surface area contributed by atoms with Gasteiger partial charge in [-0.25, -0.2) is 23.7 Å². The first-order chi connectivity index (χ1) is 7.29. The van der Waals surface area contributed by atoms with E-state index in [1.807, 2.05) is 0 Å². The van der Waals surface area contributed by atoms with Gasteiger partial charge in [-0.1, -0.05) is 0 Å². The second kappa shape index (κ2) is 9.21. The molecule has 0 aromatic carbocycles. The third-order valence-corrected chi connectivity index (χ3v) is 0.366. The first kappa shape index (κ1) is 20.4. The van der Waals surface area contributed by atoms with Crippen molar-refractivity contribution in [2.24, 2.45) is 0 Å². The molecule has 17 heavy (non-hydrogen) atoms. The molecular weight excluding hydrogens is 274 g/mol. The predicted molar refractivity (Wildman–Crippen MR) is 43.7 cm³/mol. The molecule has 100 valence electrons. The molecule has 0 unspecified atom stereocenters. The minimum atomic E-state index is -5.14. The molecule has 0 aliphatic carbocycles. The fourth-order valence-electron chi connectivity index (χ4n) is 0. The van der Waals surface area contributed by atoms with E-state index in [1.54, 1.807) is 0 Å². The Morgan fingerprint density at radius 2 is 0.765 bits per heavy atom. The van der Waals surface area contributed by atoms with Gasteiger partial charge in [0.25, 0.3) is 0 Å². The fraction of sp³-hybridized carbons (Fsp3) is 0. The highest BCUT2D eigenvalue weighted by Gasteiger charge is 2.05. The van der Waals surface area contributed by atoms with Crippen molar-refractivity contribution >= 4 is 31.8 Å². The molecule has 0 aromatic rings. The lowest BCUT2D eigenvalue weighted by Crippen LogP contribution is -2.09. The van der Waals surface area contributed by atoms with Gasteiger partial charge in [0, 0.05) is 0 Å². The minimum absolute atomic E-state index is 1.82. The number of hydrogen-bond acceptors (Lipinski definition) is 5. The van der Waals surface area contributed by atoms with Crippen LogP contribution in [0.3, 0.4) is 0 Å². The molecular formula is C4H6FO11P. The number of halogens is 1. The number of carboxylic acid groups (broad SMARTS) is 4. The van der Waals surface area contributed by atoms with E-state index in [4.69, 9.17) is 54.0 Å². The summed E-state index contributed by atoms with van der Waals surface area (Å²) in [5, 5.41) is 29.6. The Bertz CT molecular complexity index is 285. The first-order valence-corrected chi connectivity index (χ1v) is 4.47. The minimum Gasteiger partial charge on any atom is -0.473 e. The van der Waals surface area contributed by atoms with Gasteiger partial charge in [-0.3, -0.25) is 9.79 Å². The highest BCUT2D eigenvalue weighted by atomic mass is 31.2. The van der Waals surface area contributed by atoms with Gasteiger partial charge in [0.05, 0.1) is 0 Å². The van der Waals surface area contributed by atoms with Crippen molar-refractivity contribution in [2.45, 2.75) is 0 Å². The summed E-state index contributed by atoms with van der Waals surface area (Å²) in [7, 11) is -5.14. The summed E-state index contributed by atoms with van der Waals surface area (Å²) in [5.74, 6) is -7.30. The van der Waals surface area contributed by atoms with Crippen LogP contribution >= 0.6 is 7.91 Å². The second-order valence-electron chi connectivity index (χ2n) is 1.69. The van der Waals surface area contributed by atoms with Crippen LogP contribution in [-0.2, 0) is 23.7 Å². The van der Waals surface area contributed by atoms with Crippen molar-refractivity contribution in [1.82, 2.24) is 0 Å². The summed E-state index contributed by atoms with van der Waals surface area (Å²) in [6, 6.07) is 0. The summed E-state index contributed by atoms with van der Waals surface area (Å²) in [6.07, 6.45) is 0. The van der Waals surface area contributed by atoms with Crippen LogP contribution in [0.1, 0.15) is 0 Å². The van der Waals surface area contributed by atoms with E-state index in [-0.39, 0.29) is 0 Å².